The van der Waals surface area contributed by atoms with Gasteiger partial charge in [0.25, 0.3) is 0 Å². The first-order chi connectivity index (χ1) is 11.9. The molecule has 0 radical (unpaired) electrons. The van der Waals surface area contributed by atoms with E-state index in [1.807, 2.05) is 6.20 Å². The quantitative estimate of drug-likeness (QED) is 0.938. The molecule has 1 aromatic carbocycles. The molecule has 1 aromatic heterocycles. The average molecular weight is 322 g/mol. The number of piperidine rings is 1. The highest BCUT2D eigenvalue weighted by molar-refractivity contribution is 5.21. The van der Waals surface area contributed by atoms with Crippen molar-refractivity contribution in [1.29, 1.82) is 0 Å². The first-order valence-corrected chi connectivity index (χ1v) is 9.46. The summed E-state index contributed by atoms with van der Waals surface area (Å²) in [5, 5.41) is 3.93. The van der Waals surface area contributed by atoms with Crippen molar-refractivity contribution < 1.29 is 0 Å². The van der Waals surface area contributed by atoms with Gasteiger partial charge >= 0.3 is 0 Å². The van der Waals surface area contributed by atoms with Gasteiger partial charge in [-0.3, -0.25) is 4.90 Å². The van der Waals surface area contributed by atoms with Gasteiger partial charge in [-0.2, -0.15) is 0 Å². The zero-order valence-corrected chi connectivity index (χ0v) is 14.1. The van der Waals surface area contributed by atoms with Crippen LogP contribution in [0.5, 0.6) is 0 Å². The summed E-state index contributed by atoms with van der Waals surface area (Å²) in [6.45, 7) is 2.33. The molecule has 126 valence electrons. The number of hydrogen-bond donors (Lipinski definition) is 1. The second-order valence-corrected chi connectivity index (χ2v) is 7.60. The Morgan fingerprint density at radius 1 is 1.00 bits per heavy atom. The van der Waals surface area contributed by atoms with Crippen molar-refractivity contribution in [2.24, 2.45) is 0 Å². The molecule has 0 amide bonds. The zero-order valence-electron chi connectivity index (χ0n) is 14.1. The predicted octanol–water partition coefficient (Wildman–Crippen LogP) is 3.29. The van der Waals surface area contributed by atoms with Gasteiger partial charge in [0.15, 0.2) is 0 Å². The second-order valence-electron chi connectivity index (χ2n) is 7.60. The molecule has 4 heteroatoms. The highest BCUT2D eigenvalue weighted by Gasteiger charge is 2.39. The first-order valence-electron chi connectivity index (χ1n) is 9.46. The van der Waals surface area contributed by atoms with Crippen LogP contribution in [-0.2, 0) is 6.54 Å². The second kappa shape index (κ2) is 6.01. The maximum atomic E-state index is 4.56. The highest BCUT2D eigenvalue weighted by atomic mass is 15.2. The minimum absolute atomic E-state index is 0.439. The number of aryl methyl sites for hydroxylation is 1. The Morgan fingerprint density at radius 3 is 2.71 bits per heavy atom. The molecule has 3 atom stereocenters. The highest BCUT2D eigenvalue weighted by Crippen LogP contribution is 2.40. The monoisotopic (exact) mass is 322 g/mol. The number of aromatic nitrogens is 2. The molecule has 5 rings (SSSR count). The summed E-state index contributed by atoms with van der Waals surface area (Å²) < 4.78 is 2.30. The van der Waals surface area contributed by atoms with Gasteiger partial charge in [-0.05, 0) is 37.7 Å². The number of rotatable bonds is 4. The predicted molar refractivity (Wildman–Crippen MR) is 94.7 cm³/mol. The number of fused-ring (bicyclic) bond motifs is 1. The number of benzene rings is 1. The normalized spacial score (nSPS) is 30.4. The summed E-state index contributed by atoms with van der Waals surface area (Å²) in [6, 6.07) is 13.6. The van der Waals surface area contributed by atoms with E-state index in [0.29, 0.717) is 18.1 Å². The Balaban J connectivity index is 1.32. The van der Waals surface area contributed by atoms with Crippen molar-refractivity contribution in [2.75, 3.05) is 6.54 Å². The lowest BCUT2D eigenvalue weighted by Gasteiger charge is -2.41. The van der Waals surface area contributed by atoms with E-state index in [-0.39, 0.29) is 0 Å². The van der Waals surface area contributed by atoms with Gasteiger partial charge < -0.3 is 9.88 Å². The van der Waals surface area contributed by atoms with E-state index in [2.05, 4.69) is 56.3 Å². The lowest BCUT2D eigenvalue weighted by molar-refractivity contribution is 0.112. The van der Waals surface area contributed by atoms with E-state index in [4.69, 9.17) is 0 Å². The van der Waals surface area contributed by atoms with Gasteiger partial charge in [0.05, 0.1) is 6.04 Å². The van der Waals surface area contributed by atoms with Crippen LogP contribution in [0.4, 0.5) is 0 Å². The molecule has 0 bridgehead atoms. The van der Waals surface area contributed by atoms with Crippen molar-refractivity contribution in [3.05, 3.63) is 54.1 Å². The fourth-order valence-corrected chi connectivity index (χ4v) is 4.64. The molecule has 1 aliphatic carbocycles. The number of hydrogen-bond acceptors (Lipinski definition) is 3. The molecule has 2 fully saturated rings. The molecule has 4 nitrogen and oxygen atoms in total. The molecule has 1 saturated carbocycles. The van der Waals surface area contributed by atoms with Crippen molar-refractivity contribution in [1.82, 2.24) is 19.8 Å². The lowest BCUT2D eigenvalue weighted by Crippen LogP contribution is -2.46. The van der Waals surface area contributed by atoms with Crippen LogP contribution in [0.3, 0.4) is 0 Å². The van der Waals surface area contributed by atoms with E-state index in [1.54, 1.807) is 0 Å². The Kier molecular flexibility index (Phi) is 3.68. The number of nitrogens with one attached hydrogen (secondary N) is 1. The minimum atomic E-state index is 0.439. The summed E-state index contributed by atoms with van der Waals surface area (Å²) in [7, 11) is 0. The lowest BCUT2D eigenvalue weighted by atomic mass is 9.91. The van der Waals surface area contributed by atoms with Gasteiger partial charge in [-0.1, -0.05) is 30.3 Å². The SMILES string of the molecule is c1ccc(C2CC(NC3CCn4ccnc43)CCN2C2CC2)cc1. The van der Waals surface area contributed by atoms with Crippen LogP contribution in [0.15, 0.2) is 42.7 Å². The van der Waals surface area contributed by atoms with E-state index < -0.39 is 0 Å². The maximum absolute atomic E-state index is 4.56. The Hall–Kier alpha value is -1.65. The molecular weight excluding hydrogens is 296 g/mol. The first kappa shape index (κ1) is 14.7. The molecule has 1 N–H and O–H groups in total. The minimum Gasteiger partial charge on any atom is -0.334 e. The zero-order chi connectivity index (χ0) is 15.9. The van der Waals surface area contributed by atoms with Crippen molar-refractivity contribution in [2.45, 2.75) is 62.8 Å². The largest absolute Gasteiger partial charge is 0.334 e. The van der Waals surface area contributed by atoms with Crippen LogP contribution in [0.2, 0.25) is 0 Å². The van der Waals surface area contributed by atoms with Gasteiger partial charge in [-0.15, -0.1) is 0 Å². The molecule has 3 aliphatic rings. The standard InChI is InChI=1S/C20H26N4/c1-2-4-15(5-3-1)19-14-16(8-12-24(19)17-6-7-17)22-18-9-11-23-13-10-21-20(18)23/h1-5,10,13,16-19,22H,6-9,11-12,14H2. The van der Waals surface area contributed by atoms with Gasteiger partial charge in [0.2, 0.25) is 0 Å². The smallest absolute Gasteiger partial charge is 0.125 e. The third-order valence-corrected chi connectivity index (χ3v) is 6.00. The summed E-state index contributed by atoms with van der Waals surface area (Å²) in [5.74, 6) is 1.23. The Bertz CT molecular complexity index is 691. The van der Waals surface area contributed by atoms with E-state index >= 15 is 0 Å². The van der Waals surface area contributed by atoms with E-state index in [0.717, 1.165) is 12.6 Å². The third-order valence-electron chi connectivity index (χ3n) is 6.00. The topological polar surface area (TPSA) is 33.1 Å². The number of imidazole rings is 1. The van der Waals surface area contributed by atoms with Crippen molar-refractivity contribution >= 4 is 0 Å². The third kappa shape index (κ3) is 2.68. The number of nitrogens with zero attached hydrogens (tertiary/aromatic N) is 3. The van der Waals surface area contributed by atoms with Crippen LogP contribution in [-0.4, -0.2) is 33.1 Å². The number of likely N-dealkylation sites (tertiary alicyclic amines) is 1. The van der Waals surface area contributed by atoms with Gasteiger partial charge in [-0.25, -0.2) is 4.98 Å². The molecule has 24 heavy (non-hydrogen) atoms. The Morgan fingerprint density at radius 2 is 1.88 bits per heavy atom. The fraction of sp³-hybridized carbons (Fsp3) is 0.550. The van der Waals surface area contributed by atoms with Crippen LogP contribution in [0, 0.1) is 0 Å². The van der Waals surface area contributed by atoms with Gasteiger partial charge in [0.1, 0.15) is 5.82 Å². The van der Waals surface area contributed by atoms with Crippen molar-refractivity contribution in [3.8, 4) is 0 Å². The van der Waals surface area contributed by atoms with E-state index in [1.165, 1.54) is 50.0 Å². The van der Waals surface area contributed by atoms with Crippen LogP contribution in [0.1, 0.15) is 55.6 Å². The van der Waals surface area contributed by atoms with Gasteiger partial charge in [0, 0.05) is 43.6 Å². The van der Waals surface area contributed by atoms with Crippen molar-refractivity contribution in [3.63, 3.8) is 0 Å². The summed E-state index contributed by atoms with van der Waals surface area (Å²) in [4.78, 5) is 7.33. The summed E-state index contributed by atoms with van der Waals surface area (Å²) in [5.41, 5.74) is 1.49. The molecule has 2 aliphatic heterocycles. The van der Waals surface area contributed by atoms with Crippen LogP contribution >= 0.6 is 0 Å². The molecule has 1 saturated heterocycles. The fourth-order valence-electron chi connectivity index (χ4n) is 4.64. The molecular formula is C20H26N4. The Labute approximate surface area is 143 Å². The summed E-state index contributed by atoms with van der Waals surface area (Å²) in [6.07, 6.45) is 10.5. The van der Waals surface area contributed by atoms with Crippen LogP contribution < -0.4 is 5.32 Å². The molecule has 2 aromatic rings. The van der Waals surface area contributed by atoms with E-state index in [9.17, 15) is 0 Å². The summed E-state index contributed by atoms with van der Waals surface area (Å²) >= 11 is 0. The maximum Gasteiger partial charge on any atom is 0.125 e. The molecule has 3 unspecified atom stereocenters. The average Bonchev–Trinajstić information content (AvgIpc) is 3.24. The molecule has 0 spiro atoms. The molecule has 3 heterocycles. The van der Waals surface area contributed by atoms with Crippen LogP contribution in [0.25, 0.3) is 0 Å².